The van der Waals surface area contributed by atoms with E-state index in [1.165, 1.54) is 5.56 Å². The molecule has 0 saturated carbocycles. The van der Waals surface area contributed by atoms with E-state index in [1.54, 1.807) is 12.1 Å². The second-order valence-electron chi connectivity index (χ2n) is 7.03. The number of nitrogens with zero attached hydrogens (tertiary/aromatic N) is 6. The van der Waals surface area contributed by atoms with Gasteiger partial charge in [-0.3, -0.25) is 0 Å². The quantitative estimate of drug-likeness (QED) is 0.375. The zero-order valence-electron chi connectivity index (χ0n) is 17.4. The minimum absolute atomic E-state index is 0.0183. The minimum Gasteiger partial charge on any atom is -0.226 e. The van der Waals surface area contributed by atoms with Crippen LogP contribution in [0.25, 0.3) is 31.3 Å². The molecule has 152 valence electrons. The monoisotopic (exact) mass is 422 g/mol. The fourth-order valence-corrected chi connectivity index (χ4v) is 3.95. The fourth-order valence-electron chi connectivity index (χ4n) is 3.95. The van der Waals surface area contributed by atoms with E-state index in [0.29, 0.717) is 11.1 Å². The number of fused-ring (bicyclic) bond motifs is 2. The predicted molar refractivity (Wildman–Crippen MR) is 123 cm³/mol. The summed E-state index contributed by atoms with van der Waals surface area (Å²) < 4.78 is 0. The van der Waals surface area contributed by atoms with E-state index in [1.807, 2.05) is 48.5 Å². The highest BCUT2D eigenvalue weighted by Crippen LogP contribution is 2.43. The van der Waals surface area contributed by atoms with Gasteiger partial charge in [0.2, 0.25) is 0 Å². The lowest BCUT2D eigenvalue weighted by Crippen LogP contribution is -1.82. The molecule has 6 heteroatoms. The molecule has 4 rings (SSSR count). The molecule has 6 nitrogen and oxygen atoms in total. The number of rotatable bonds is 0. The van der Waals surface area contributed by atoms with Gasteiger partial charge in [0.15, 0.2) is 0 Å². The lowest BCUT2D eigenvalue weighted by Gasteiger charge is -1.99. The Balaban J connectivity index is 0.000000194. The molecule has 0 bridgehead atoms. The summed E-state index contributed by atoms with van der Waals surface area (Å²) in [6.45, 7) is 21.0. The molecule has 0 radical (unpaired) electrons. The molecule has 0 aromatic heterocycles. The molecule has 33 heavy (non-hydrogen) atoms. The second kappa shape index (κ2) is 10.1. The number of allylic oxidation sites excluding steroid dienone is 6. The smallest absolute Gasteiger partial charge is 0.226 e. The van der Waals surface area contributed by atoms with Gasteiger partial charge in [0, 0.05) is 0 Å². The first kappa shape index (κ1) is 22.3. The molecule has 0 saturated heterocycles. The van der Waals surface area contributed by atoms with Crippen LogP contribution < -0.4 is 0 Å². The number of hydrogen-bond donors (Lipinski definition) is 0. The predicted octanol–water partition coefficient (Wildman–Crippen LogP) is 6.19. The number of hydrogen-bond acceptors (Lipinski definition) is 3. The van der Waals surface area contributed by atoms with Gasteiger partial charge in [-0.05, 0) is 58.2 Å². The van der Waals surface area contributed by atoms with Crippen molar-refractivity contribution in [1.82, 2.24) is 0 Å². The first-order valence-corrected chi connectivity index (χ1v) is 9.83. The molecule has 0 fully saturated rings. The van der Waals surface area contributed by atoms with Crippen LogP contribution in [0.5, 0.6) is 0 Å². The molecule has 2 aromatic rings. The Kier molecular flexibility index (Phi) is 6.80. The minimum atomic E-state index is 0.0183. The van der Waals surface area contributed by atoms with Crippen LogP contribution >= 0.6 is 0 Å². The summed E-state index contributed by atoms with van der Waals surface area (Å²) in [6.07, 6.45) is 2.06. The summed E-state index contributed by atoms with van der Waals surface area (Å²) in [5.41, 5.74) is 6.25. The molecule has 0 amide bonds. The molecule has 0 aliphatic heterocycles. The van der Waals surface area contributed by atoms with Crippen LogP contribution in [0, 0.1) is 53.7 Å². The maximum absolute atomic E-state index is 8.99. The van der Waals surface area contributed by atoms with E-state index in [-0.39, 0.29) is 23.5 Å². The van der Waals surface area contributed by atoms with Crippen molar-refractivity contribution in [3.8, 4) is 18.2 Å². The largest absolute Gasteiger partial charge is 0.265 e. The van der Waals surface area contributed by atoms with E-state index in [9.17, 15) is 0 Å². The average molecular weight is 422 g/mol. The Labute approximate surface area is 192 Å². The molecule has 0 spiro atoms. The second-order valence-corrected chi connectivity index (χ2v) is 7.03. The van der Waals surface area contributed by atoms with Gasteiger partial charge < -0.3 is 0 Å². The molecule has 0 atom stereocenters. The Morgan fingerprint density at radius 1 is 0.606 bits per heavy atom. The SMILES string of the molecule is [C-]#[N+]/C(C#N)=C1/C/C(=C(\C#N)[N+]#[C-])c2ccccc21.[C-]#[N+]/C(C#N)=C1/CCc2ccccc21. The number of aryl methyl sites for hydroxylation is 1. The van der Waals surface area contributed by atoms with E-state index in [2.05, 4.69) is 20.6 Å². The Morgan fingerprint density at radius 3 is 1.48 bits per heavy atom. The normalized spacial score (nSPS) is 17.0. The topological polar surface area (TPSA) is 84.4 Å². The number of benzene rings is 2. The Morgan fingerprint density at radius 2 is 1.03 bits per heavy atom. The summed E-state index contributed by atoms with van der Waals surface area (Å²) in [5, 5.41) is 26.8. The first-order chi connectivity index (χ1) is 16.1. The molecule has 0 unspecified atom stereocenters. The summed E-state index contributed by atoms with van der Waals surface area (Å²) in [4.78, 5) is 9.69. The molecule has 0 N–H and O–H groups in total. The zero-order chi connectivity index (χ0) is 23.8. The van der Waals surface area contributed by atoms with E-state index in [4.69, 9.17) is 35.5 Å². The third-order valence-corrected chi connectivity index (χ3v) is 5.43. The maximum atomic E-state index is 8.99. The average Bonchev–Trinajstić information content (AvgIpc) is 3.45. The third-order valence-electron chi connectivity index (χ3n) is 5.43. The molecule has 2 aromatic carbocycles. The van der Waals surface area contributed by atoms with Crippen LogP contribution in [0.1, 0.15) is 35.1 Å². The Hall–Kier alpha value is -5.40. The molecule has 0 heterocycles. The summed E-state index contributed by atoms with van der Waals surface area (Å²) >= 11 is 0. The van der Waals surface area contributed by atoms with Gasteiger partial charge in [0.25, 0.3) is 17.1 Å². The van der Waals surface area contributed by atoms with Crippen molar-refractivity contribution >= 4 is 16.7 Å². The lowest BCUT2D eigenvalue weighted by atomic mass is 10.1. The first-order valence-electron chi connectivity index (χ1n) is 9.83. The van der Waals surface area contributed by atoms with Crippen molar-refractivity contribution in [2.24, 2.45) is 0 Å². The van der Waals surface area contributed by atoms with Crippen molar-refractivity contribution in [3.05, 3.63) is 122 Å². The van der Waals surface area contributed by atoms with Crippen molar-refractivity contribution < 1.29 is 0 Å². The molecular formula is C27H14N6. The highest BCUT2D eigenvalue weighted by molar-refractivity contribution is 5.97. The Bertz CT molecular complexity index is 1380. The van der Waals surface area contributed by atoms with Crippen molar-refractivity contribution in [3.63, 3.8) is 0 Å². The van der Waals surface area contributed by atoms with Gasteiger partial charge >= 0.3 is 0 Å². The van der Waals surface area contributed by atoms with Crippen LogP contribution in [-0.2, 0) is 6.42 Å². The highest BCUT2D eigenvalue weighted by Gasteiger charge is 2.26. The van der Waals surface area contributed by atoms with Crippen LogP contribution in [0.15, 0.2) is 65.6 Å². The molecular weight excluding hydrogens is 408 g/mol. The fraction of sp³-hybridized carbons (Fsp3) is 0.111. The molecule has 2 aliphatic carbocycles. The van der Waals surface area contributed by atoms with Gasteiger partial charge in [-0.15, -0.1) is 0 Å². The zero-order valence-corrected chi connectivity index (χ0v) is 17.4. The summed E-state index contributed by atoms with van der Waals surface area (Å²) in [7, 11) is 0. The third kappa shape index (κ3) is 4.24. The summed E-state index contributed by atoms with van der Waals surface area (Å²) in [5.74, 6) is 0. The van der Waals surface area contributed by atoms with Crippen molar-refractivity contribution in [2.45, 2.75) is 19.3 Å². The lowest BCUT2D eigenvalue weighted by molar-refractivity contribution is 1.08. The standard InChI is InChI=1S/C15H6N4.C12H8N2/c1-18-14(8-16)12-7-13(15(9-17)19-2)11-6-4-3-5-10(11)12;1-14-12(8-13)11-7-6-9-4-2-3-5-10(9)11/h3-6H,7H2;2-5H,6-7H2/b14-12-,15-13-;12-11-. The van der Waals surface area contributed by atoms with E-state index in [0.717, 1.165) is 35.1 Å². The van der Waals surface area contributed by atoms with Crippen LogP contribution in [-0.4, -0.2) is 0 Å². The van der Waals surface area contributed by atoms with Gasteiger partial charge in [0.05, 0.1) is 37.9 Å². The van der Waals surface area contributed by atoms with Crippen LogP contribution in [0.4, 0.5) is 0 Å². The van der Waals surface area contributed by atoms with Gasteiger partial charge in [-0.2, -0.15) is 0 Å². The van der Waals surface area contributed by atoms with Crippen LogP contribution in [0.3, 0.4) is 0 Å². The summed E-state index contributed by atoms with van der Waals surface area (Å²) in [6, 6.07) is 20.9. The van der Waals surface area contributed by atoms with Gasteiger partial charge in [-0.25, -0.2) is 30.3 Å². The van der Waals surface area contributed by atoms with E-state index < -0.39 is 0 Å². The van der Waals surface area contributed by atoms with Gasteiger partial charge in [0.1, 0.15) is 0 Å². The number of nitriles is 3. The van der Waals surface area contributed by atoms with Crippen molar-refractivity contribution in [2.75, 3.05) is 0 Å². The highest BCUT2D eigenvalue weighted by atomic mass is 14.7. The molecule has 2 aliphatic rings. The maximum Gasteiger partial charge on any atom is 0.265 e. The van der Waals surface area contributed by atoms with E-state index >= 15 is 0 Å². The van der Waals surface area contributed by atoms with Gasteiger partial charge in [-0.1, -0.05) is 48.5 Å². The van der Waals surface area contributed by atoms with Crippen LogP contribution in [0.2, 0.25) is 0 Å². The van der Waals surface area contributed by atoms with Crippen molar-refractivity contribution in [1.29, 1.82) is 15.8 Å².